The first-order valence-electron chi connectivity index (χ1n) is 7.48. The summed E-state index contributed by atoms with van der Waals surface area (Å²) in [6, 6.07) is 15.5. The fourth-order valence-corrected chi connectivity index (χ4v) is 2.17. The number of ether oxygens (including phenoxy) is 1. The number of carbonyl (C=O) groups excluding carboxylic acids is 2. The zero-order valence-electron chi connectivity index (χ0n) is 13.0. The molecule has 0 saturated heterocycles. The normalized spacial score (nSPS) is 11.6. The van der Waals surface area contributed by atoms with E-state index in [-0.39, 0.29) is 12.5 Å². The number of hydrogen-bond acceptors (Lipinski definition) is 4. The summed E-state index contributed by atoms with van der Waals surface area (Å²) in [5, 5.41) is 2.71. The molecule has 1 atom stereocenters. The summed E-state index contributed by atoms with van der Waals surface area (Å²) in [5.74, 6) is -0.814. The van der Waals surface area contributed by atoms with Crippen LogP contribution in [0.2, 0.25) is 0 Å². The maximum atomic E-state index is 12.3. The highest BCUT2D eigenvalue weighted by atomic mass is 16.5. The Morgan fingerprint density at radius 3 is 2.43 bits per heavy atom. The lowest BCUT2D eigenvalue weighted by molar-refractivity contribution is -0.117. The van der Waals surface area contributed by atoms with Crippen LogP contribution in [0.25, 0.3) is 0 Å². The third kappa shape index (κ3) is 4.66. The number of para-hydroxylation sites is 1. The van der Waals surface area contributed by atoms with Crippen molar-refractivity contribution in [1.82, 2.24) is 0 Å². The smallest absolute Gasteiger partial charge is 0.340 e. The lowest BCUT2D eigenvalue weighted by Gasteiger charge is -2.14. The Morgan fingerprint density at radius 1 is 1.09 bits per heavy atom. The topological polar surface area (TPSA) is 81.4 Å². The fourth-order valence-electron chi connectivity index (χ4n) is 2.17. The van der Waals surface area contributed by atoms with Crippen molar-refractivity contribution < 1.29 is 14.3 Å². The van der Waals surface area contributed by atoms with E-state index < -0.39 is 12.0 Å². The van der Waals surface area contributed by atoms with Gasteiger partial charge < -0.3 is 15.8 Å². The van der Waals surface area contributed by atoms with E-state index in [2.05, 4.69) is 5.32 Å². The van der Waals surface area contributed by atoms with E-state index in [9.17, 15) is 9.59 Å². The highest BCUT2D eigenvalue weighted by molar-refractivity contribution is 6.02. The first-order chi connectivity index (χ1) is 11.1. The molecule has 2 aromatic rings. The minimum atomic E-state index is -0.701. The number of rotatable bonds is 6. The van der Waals surface area contributed by atoms with Gasteiger partial charge in [-0.1, -0.05) is 42.5 Å². The molecule has 0 fully saturated rings. The maximum Gasteiger partial charge on any atom is 0.340 e. The second kappa shape index (κ2) is 8.10. The summed E-state index contributed by atoms with van der Waals surface area (Å²) in [5.41, 5.74) is 7.65. The molecule has 2 rings (SSSR count). The first kappa shape index (κ1) is 16.7. The molecule has 0 unspecified atom stereocenters. The molecule has 3 N–H and O–H groups in total. The average Bonchev–Trinajstić information content (AvgIpc) is 2.56. The van der Waals surface area contributed by atoms with Gasteiger partial charge in [-0.3, -0.25) is 4.79 Å². The van der Waals surface area contributed by atoms with Gasteiger partial charge in [-0.25, -0.2) is 4.79 Å². The molecule has 0 bridgehead atoms. The van der Waals surface area contributed by atoms with Crippen molar-refractivity contribution >= 4 is 17.6 Å². The van der Waals surface area contributed by atoms with Crippen LogP contribution in [0.4, 0.5) is 5.69 Å². The van der Waals surface area contributed by atoms with Gasteiger partial charge in [0.2, 0.25) is 5.91 Å². The van der Waals surface area contributed by atoms with Gasteiger partial charge in [0.25, 0.3) is 0 Å². The molecule has 5 heteroatoms. The SMILES string of the molecule is CCOC(=O)c1ccccc1NC(=O)[C@@H](N)Cc1ccccc1. The lowest BCUT2D eigenvalue weighted by atomic mass is 10.1. The van der Waals surface area contributed by atoms with Crippen LogP contribution in [-0.4, -0.2) is 24.5 Å². The van der Waals surface area contributed by atoms with Crippen LogP contribution < -0.4 is 11.1 Å². The Kier molecular flexibility index (Phi) is 5.88. The molecule has 23 heavy (non-hydrogen) atoms. The summed E-state index contributed by atoms with van der Waals surface area (Å²) >= 11 is 0. The Balaban J connectivity index is 2.06. The van der Waals surface area contributed by atoms with Crippen LogP contribution in [0.1, 0.15) is 22.8 Å². The van der Waals surface area contributed by atoms with E-state index in [1.807, 2.05) is 30.3 Å². The molecule has 0 aromatic heterocycles. The zero-order chi connectivity index (χ0) is 16.7. The van der Waals surface area contributed by atoms with Crippen molar-refractivity contribution in [3.63, 3.8) is 0 Å². The average molecular weight is 312 g/mol. The number of benzene rings is 2. The van der Waals surface area contributed by atoms with Gasteiger partial charge in [-0.15, -0.1) is 0 Å². The quantitative estimate of drug-likeness (QED) is 0.802. The maximum absolute atomic E-state index is 12.3. The Morgan fingerprint density at radius 2 is 1.74 bits per heavy atom. The van der Waals surface area contributed by atoms with E-state index in [1.165, 1.54) is 0 Å². The third-order valence-corrected chi connectivity index (χ3v) is 3.32. The van der Waals surface area contributed by atoms with Crippen molar-refractivity contribution in [2.75, 3.05) is 11.9 Å². The van der Waals surface area contributed by atoms with Gasteiger partial charge >= 0.3 is 5.97 Å². The molecule has 2 aromatic carbocycles. The van der Waals surface area contributed by atoms with Crippen LogP contribution >= 0.6 is 0 Å². The number of hydrogen-bond donors (Lipinski definition) is 2. The van der Waals surface area contributed by atoms with Crippen LogP contribution in [0.5, 0.6) is 0 Å². The largest absolute Gasteiger partial charge is 0.462 e. The molecule has 0 spiro atoms. The van der Waals surface area contributed by atoms with Crippen molar-refractivity contribution in [3.05, 3.63) is 65.7 Å². The van der Waals surface area contributed by atoms with Gasteiger partial charge in [0, 0.05) is 0 Å². The van der Waals surface area contributed by atoms with E-state index >= 15 is 0 Å². The van der Waals surface area contributed by atoms with Crippen LogP contribution in [0.15, 0.2) is 54.6 Å². The van der Waals surface area contributed by atoms with Crippen LogP contribution in [0.3, 0.4) is 0 Å². The molecule has 0 aliphatic heterocycles. The number of esters is 1. The molecule has 120 valence electrons. The van der Waals surface area contributed by atoms with Gasteiger partial charge in [-0.05, 0) is 31.0 Å². The van der Waals surface area contributed by atoms with E-state index in [4.69, 9.17) is 10.5 Å². The minimum Gasteiger partial charge on any atom is -0.462 e. The predicted octanol–water partition coefficient (Wildman–Crippen LogP) is 2.37. The zero-order valence-corrected chi connectivity index (χ0v) is 13.0. The molecular formula is C18H20N2O3. The molecule has 0 saturated carbocycles. The summed E-state index contributed by atoms with van der Waals surface area (Å²) in [7, 11) is 0. The summed E-state index contributed by atoms with van der Waals surface area (Å²) < 4.78 is 4.98. The molecule has 5 nitrogen and oxygen atoms in total. The summed E-state index contributed by atoms with van der Waals surface area (Å²) in [6.07, 6.45) is 0.425. The van der Waals surface area contributed by atoms with Gasteiger partial charge in [0.05, 0.1) is 23.9 Å². The summed E-state index contributed by atoms with van der Waals surface area (Å²) in [4.78, 5) is 24.2. The van der Waals surface area contributed by atoms with Crippen molar-refractivity contribution in [3.8, 4) is 0 Å². The summed E-state index contributed by atoms with van der Waals surface area (Å²) in [6.45, 7) is 2.00. The van der Waals surface area contributed by atoms with Crippen molar-refractivity contribution in [1.29, 1.82) is 0 Å². The van der Waals surface area contributed by atoms with Crippen molar-refractivity contribution in [2.45, 2.75) is 19.4 Å². The van der Waals surface area contributed by atoms with E-state index in [0.717, 1.165) is 5.56 Å². The lowest BCUT2D eigenvalue weighted by Crippen LogP contribution is -2.37. The van der Waals surface area contributed by atoms with Gasteiger partial charge in [0.15, 0.2) is 0 Å². The Hall–Kier alpha value is -2.66. The van der Waals surface area contributed by atoms with Crippen LogP contribution in [-0.2, 0) is 16.0 Å². The van der Waals surface area contributed by atoms with E-state index in [0.29, 0.717) is 17.7 Å². The fraction of sp³-hybridized carbons (Fsp3) is 0.222. The van der Waals surface area contributed by atoms with Gasteiger partial charge in [0.1, 0.15) is 0 Å². The molecule has 0 heterocycles. The standard InChI is InChI=1S/C18H20N2O3/c1-2-23-18(22)14-10-6-7-11-16(14)20-17(21)15(19)12-13-8-4-3-5-9-13/h3-11,15H,2,12,19H2,1H3,(H,20,21)/t15-/m0/s1. The van der Waals surface area contributed by atoms with E-state index in [1.54, 1.807) is 31.2 Å². The minimum absolute atomic E-state index is 0.272. The Bertz CT molecular complexity index is 671. The van der Waals surface area contributed by atoms with Crippen LogP contribution in [0, 0.1) is 0 Å². The second-order valence-electron chi connectivity index (χ2n) is 5.05. The Labute approximate surface area is 135 Å². The number of nitrogens with one attached hydrogen (secondary N) is 1. The molecule has 0 aliphatic rings. The predicted molar refractivity (Wildman–Crippen MR) is 89.1 cm³/mol. The number of amides is 1. The van der Waals surface area contributed by atoms with Crippen molar-refractivity contribution in [2.24, 2.45) is 5.73 Å². The third-order valence-electron chi connectivity index (χ3n) is 3.32. The number of nitrogens with two attached hydrogens (primary N) is 1. The highest BCUT2D eigenvalue weighted by Gasteiger charge is 2.18. The number of carbonyl (C=O) groups is 2. The molecule has 0 radical (unpaired) electrons. The molecule has 0 aliphatic carbocycles. The first-order valence-corrected chi connectivity index (χ1v) is 7.48. The van der Waals surface area contributed by atoms with Gasteiger partial charge in [-0.2, -0.15) is 0 Å². The highest BCUT2D eigenvalue weighted by Crippen LogP contribution is 2.16. The second-order valence-corrected chi connectivity index (χ2v) is 5.05. The molecule has 1 amide bonds. The number of anilines is 1. The monoisotopic (exact) mass is 312 g/mol. The molecular weight excluding hydrogens is 292 g/mol.